The minimum absolute atomic E-state index is 0.0999. The molecule has 0 aliphatic carbocycles. The molecule has 3 heterocycles. The first-order valence-corrected chi connectivity index (χ1v) is 8.47. The number of carbonyl (C=O) groups excluding carboxylic acids is 1. The first-order chi connectivity index (χ1) is 11.8. The number of nitrogens with zero attached hydrogens (tertiary/aromatic N) is 2. The largest absolute Gasteiger partial charge is 0.477 e. The molecular weight excluding hydrogens is 300 g/mol. The lowest BCUT2D eigenvalue weighted by Crippen LogP contribution is -2.34. The molecule has 0 bridgehead atoms. The lowest BCUT2D eigenvalue weighted by Gasteiger charge is -2.27. The maximum Gasteiger partial charge on any atom is 0.254 e. The van der Waals surface area contributed by atoms with Gasteiger partial charge >= 0.3 is 0 Å². The van der Waals surface area contributed by atoms with Crippen molar-refractivity contribution in [2.24, 2.45) is 0 Å². The second-order valence-electron chi connectivity index (χ2n) is 6.24. The van der Waals surface area contributed by atoms with Crippen molar-refractivity contribution in [3.05, 3.63) is 65.4 Å². The molecule has 1 aromatic carbocycles. The maximum absolute atomic E-state index is 12.5. The molecule has 0 spiro atoms. The van der Waals surface area contributed by atoms with Gasteiger partial charge in [-0.3, -0.25) is 4.79 Å². The van der Waals surface area contributed by atoms with Crippen molar-refractivity contribution in [2.75, 3.05) is 19.7 Å². The van der Waals surface area contributed by atoms with Gasteiger partial charge < -0.3 is 9.64 Å². The molecule has 0 unspecified atom stereocenters. The zero-order valence-corrected chi connectivity index (χ0v) is 13.6. The molecule has 1 aromatic heterocycles. The third-order valence-corrected chi connectivity index (χ3v) is 4.64. The molecule has 0 saturated heterocycles. The number of benzene rings is 1. The second-order valence-corrected chi connectivity index (χ2v) is 6.24. The predicted molar refractivity (Wildman–Crippen MR) is 93.0 cm³/mol. The Morgan fingerprint density at radius 2 is 2.04 bits per heavy atom. The van der Waals surface area contributed by atoms with Gasteiger partial charge in [-0.15, -0.1) is 0 Å². The molecule has 24 heavy (non-hydrogen) atoms. The number of ether oxygens (including phenoxy) is 1. The Balaban J connectivity index is 1.50. The fourth-order valence-corrected chi connectivity index (χ4v) is 3.29. The monoisotopic (exact) mass is 320 g/mol. The summed E-state index contributed by atoms with van der Waals surface area (Å²) >= 11 is 0. The van der Waals surface area contributed by atoms with Crippen molar-refractivity contribution < 1.29 is 9.53 Å². The van der Waals surface area contributed by atoms with E-state index in [1.165, 1.54) is 11.1 Å². The number of aryl methyl sites for hydroxylation is 1. The summed E-state index contributed by atoms with van der Waals surface area (Å²) in [7, 11) is 0. The molecule has 0 atom stereocenters. The van der Waals surface area contributed by atoms with Gasteiger partial charge in [-0.1, -0.05) is 24.3 Å². The van der Waals surface area contributed by atoms with Crippen LogP contribution in [0.15, 0.2) is 48.7 Å². The Bertz CT molecular complexity index is 783. The molecule has 0 saturated carbocycles. The first kappa shape index (κ1) is 14.9. The normalized spacial score (nSPS) is 16.8. The van der Waals surface area contributed by atoms with Crippen LogP contribution < -0.4 is 4.74 Å². The van der Waals surface area contributed by atoms with Crippen LogP contribution in [0.3, 0.4) is 0 Å². The number of fused-ring (bicyclic) bond motifs is 1. The van der Waals surface area contributed by atoms with Crippen LogP contribution in [0.25, 0.3) is 5.57 Å². The molecule has 122 valence electrons. The van der Waals surface area contributed by atoms with Gasteiger partial charge in [0.05, 0.1) is 6.61 Å². The molecule has 0 N–H and O–H groups in total. The van der Waals surface area contributed by atoms with E-state index in [1.807, 2.05) is 41.4 Å². The van der Waals surface area contributed by atoms with Crippen LogP contribution in [0.4, 0.5) is 0 Å². The van der Waals surface area contributed by atoms with E-state index in [4.69, 9.17) is 4.74 Å². The second kappa shape index (κ2) is 6.48. The molecule has 2 aliphatic heterocycles. The Morgan fingerprint density at radius 3 is 2.83 bits per heavy atom. The summed E-state index contributed by atoms with van der Waals surface area (Å²) in [5, 5.41) is 0. The van der Waals surface area contributed by atoms with Crippen molar-refractivity contribution in [3.63, 3.8) is 0 Å². The molecule has 1 amide bonds. The fourth-order valence-electron chi connectivity index (χ4n) is 3.29. The van der Waals surface area contributed by atoms with Crippen LogP contribution in [0, 0.1) is 0 Å². The Hall–Kier alpha value is -2.62. The lowest BCUT2D eigenvalue weighted by atomic mass is 9.98. The van der Waals surface area contributed by atoms with Crippen LogP contribution in [0.1, 0.15) is 34.3 Å². The van der Waals surface area contributed by atoms with E-state index in [-0.39, 0.29) is 5.91 Å². The van der Waals surface area contributed by atoms with E-state index in [1.54, 1.807) is 0 Å². The van der Waals surface area contributed by atoms with Gasteiger partial charge in [0.15, 0.2) is 0 Å². The Labute approximate surface area is 141 Å². The van der Waals surface area contributed by atoms with E-state index in [0.29, 0.717) is 6.54 Å². The summed E-state index contributed by atoms with van der Waals surface area (Å²) in [6.45, 7) is 2.16. The summed E-state index contributed by atoms with van der Waals surface area (Å²) in [6, 6.07) is 11.7. The zero-order chi connectivity index (χ0) is 16.4. The van der Waals surface area contributed by atoms with Crippen LogP contribution in [-0.2, 0) is 6.42 Å². The maximum atomic E-state index is 12.5. The predicted octanol–water partition coefficient (Wildman–Crippen LogP) is 3.34. The van der Waals surface area contributed by atoms with E-state index in [2.05, 4.69) is 17.1 Å². The van der Waals surface area contributed by atoms with Crippen LogP contribution >= 0.6 is 0 Å². The third-order valence-electron chi connectivity index (χ3n) is 4.64. The molecule has 0 radical (unpaired) electrons. The van der Waals surface area contributed by atoms with Gasteiger partial charge in [-0.2, -0.15) is 0 Å². The highest BCUT2D eigenvalue weighted by molar-refractivity contribution is 5.94. The Kier molecular flexibility index (Phi) is 4.03. The van der Waals surface area contributed by atoms with E-state index < -0.39 is 0 Å². The standard InChI is InChI=1S/C20H20N2O2/c23-20(16-5-2-1-3-6-16)22-10-8-15(9-11-22)18-13-17-7-4-12-24-19(17)21-14-18/h1-3,5-6,8,13-14H,4,7,9-12H2. The summed E-state index contributed by atoms with van der Waals surface area (Å²) < 4.78 is 5.58. The number of aromatic nitrogens is 1. The summed E-state index contributed by atoms with van der Waals surface area (Å²) in [5.41, 5.74) is 4.38. The minimum Gasteiger partial charge on any atom is -0.477 e. The van der Waals surface area contributed by atoms with Gasteiger partial charge in [0, 0.05) is 30.4 Å². The number of carbonyl (C=O) groups is 1. The highest BCUT2D eigenvalue weighted by Crippen LogP contribution is 2.28. The van der Waals surface area contributed by atoms with E-state index in [9.17, 15) is 4.79 Å². The van der Waals surface area contributed by atoms with Crippen LogP contribution in [0.5, 0.6) is 5.88 Å². The lowest BCUT2D eigenvalue weighted by molar-refractivity contribution is 0.0773. The summed E-state index contributed by atoms with van der Waals surface area (Å²) in [5.74, 6) is 0.880. The van der Waals surface area contributed by atoms with Crippen molar-refractivity contribution in [1.82, 2.24) is 9.88 Å². The Morgan fingerprint density at radius 1 is 1.17 bits per heavy atom. The fraction of sp³-hybridized carbons (Fsp3) is 0.300. The number of rotatable bonds is 2. The molecule has 4 nitrogen and oxygen atoms in total. The number of pyridine rings is 1. The van der Waals surface area contributed by atoms with Crippen molar-refractivity contribution >= 4 is 11.5 Å². The SMILES string of the molecule is O=C(c1ccccc1)N1CC=C(c2cnc3c(c2)CCCO3)CC1. The highest BCUT2D eigenvalue weighted by atomic mass is 16.5. The average Bonchev–Trinajstić information content (AvgIpc) is 2.68. The van der Waals surface area contributed by atoms with Crippen molar-refractivity contribution in [3.8, 4) is 5.88 Å². The van der Waals surface area contributed by atoms with E-state index >= 15 is 0 Å². The zero-order valence-electron chi connectivity index (χ0n) is 13.6. The molecule has 0 fully saturated rings. The van der Waals surface area contributed by atoms with Crippen molar-refractivity contribution in [1.29, 1.82) is 0 Å². The van der Waals surface area contributed by atoms with Gasteiger partial charge in [0.25, 0.3) is 5.91 Å². The number of hydrogen-bond acceptors (Lipinski definition) is 3. The van der Waals surface area contributed by atoms with Crippen molar-refractivity contribution in [2.45, 2.75) is 19.3 Å². The average molecular weight is 320 g/mol. The molecule has 4 rings (SSSR count). The van der Waals surface area contributed by atoms with Crippen LogP contribution in [0.2, 0.25) is 0 Å². The molecule has 2 aliphatic rings. The minimum atomic E-state index is 0.0999. The van der Waals surface area contributed by atoms with Gasteiger partial charge in [-0.25, -0.2) is 4.98 Å². The summed E-state index contributed by atoms with van der Waals surface area (Å²) in [6.07, 6.45) is 6.99. The van der Waals surface area contributed by atoms with Gasteiger partial charge in [0.2, 0.25) is 5.88 Å². The van der Waals surface area contributed by atoms with Crippen LogP contribution in [-0.4, -0.2) is 35.5 Å². The third kappa shape index (κ3) is 2.92. The topological polar surface area (TPSA) is 42.4 Å². The molecule has 4 heteroatoms. The highest BCUT2D eigenvalue weighted by Gasteiger charge is 2.20. The molecular formula is C20H20N2O2. The van der Waals surface area contributed by atoms with Gasteiger partial charge in [0.1, 0.15) is 0 Å². The summed E-state index contributed by atoms with van der Waals surface area (Å²) in [4.78, 5) is 18.9. The first-order valence-electron chi connectivity index (χ1n) is 8.47. The smallest absolute Gasteiger partial charge is 0.254 e. The molecule has 2 aromatic rings. The number of hydrogen-bond donors (Lipinski definition) is 0. The quantitative estimate of drug-likeness (QED) is 0.852. The van der Waals surface area contributed by atoms with Gasteiger partial charge in [-0.05, 0) is 48.6 Å². The number of amides is 1. The van der Waals surface area contributed by atoms with E-state index in [0.717, 1.165) is 49.4 Å².